The Bertz CT molecular complexity index is 1460. The van der Waals surface area contributed by atoms with Gasteiger partial charge < -0.3 is 9.84 Å². The molecule has 7 nitrogen and oxygen atoms in total. The van der Waals surface area contributed by atoms with E-state index in [4.69, 9.17) is 4.74 Å². The highest BCUT2D eigenvalue weighted by Crippen LogP contribution is 2.30. The molecule has 2 aromatic carbocycles. The maximum atomic E-state index is 14.1. The average Bonchev–Trinajstić information content (AvgIpc) is 2.86. The van der Waals surface area contributed by atoms with Gasteiger partial charge in [-0.15, -0.1) is 0 Å². The van der Waals surface area contributed by atoms with Crippen molar-refractivity contribution in [1.82, 2.24) is 9.97 Å². The zero-order chi connectivity index (χ0) is 26.7. The molecule has 37 heavy (non-hydrogen) atoms. The van der Waals surface area contributed by atoms with Gasteiger partial charge in [-0.2, -0.15) is 0 Å². The maximum Gasteiger partial charge on any atom is 0.335 e. The summed E-state index contributed by atoms with van der Waals surface area (Å²) in [6.45, 7) is 6.25. The number of carbonyl (C=O) groups is 2. The van der Waals surface area contributed by atoms with Crippen molar-refractivity contribution in [1.29, 1.82) is 0 Å². The number of carbonyl (C=O) groups excluding carboxylic acids is 1. The van der Waals surface area contributed by atoms with Gasteiger partial charge in [0.2, 0.25) is 11.8 Å². The highest BCUT2D eigenvalue weighted by molar-refractivity contribution is 6.04. The van der Waals surface area contributed by atoms with Crippen LogP contribution in [0.5, 0.6) is 5.88 Å². The van der Waals surface area contributed by atoms with Crippen molar-refractivity contribution in [3.63, 3.8) is 0 Å². The number of ether oxygens (including phenoxy) is 1. The molecule has 0 saturated carbocycles. The SMILES string of the molecule is COc1ncc(-c2ccc(CN(C(=O)CC(C)(C)C)c3nccc4cc(C(=O)O)ccc34)cc2)cc1F. The second kappa shape index (κ2) is 10.3. The Kier molecular flexibility index (Phi) is 7.20. The van der Waals surface area contributed by atoms with Gasteiger partial charge in [-0.25, -0.2) is 19.2 Å². The van der Waals surface area contributed by atoms with Crippen molar-refractivity contribution in [3.8, 4) is 17.0 Å². The Morgan fingerprint density at radius 3 is 2.35 bits per heavy atom. The number of aromatic carboxylic acids is 1. The smallest absolute Gasteiger partial charge is 0.335 e. The van der Waals surface area contributed by atoms with Crippen LogP contribution in [0.25, 0.3) is 21.9 Å². The number of carboxylic acid groups (broad SMARTS) is 1. The lowest BCUT2D eigenvalue weighted by molar-refractivity contribution is -0.120. The first-order valence-electron chi connectivity index (χ1n) is 11.8. The van der Waals surface area contributed by atoms with Gasteiger partial charge >= 0.3 is 5.97 Å². The zero-order valence-corrected chi connectivity index (χ0v) is 21.2. The van der Waals surface area contributed by atoms with E-state index in [1.54, 1.807) is 35.5 Å². The van der Waals surface area contributed by atoms with Crippen LogP contribution in [0.15, 0.2) is 67.0 Å². The monoisotopic (exact) mass is 501 g/mol. The molecule has 1 amide bonds. The molecule has 2 heterocycles. The van der Waals surface area contributed by atoms with Gasteiger partial charge in [0.15, 0.2) is 5.82 Å². The third-order valence-electron chi connectivity index (χ3n) is 5.86. The van der Waals surface area contributed by atoms with E-state index in [0.717, 1.165) is 11.1 Å². The first-order valence-corrected chi connectivity index (χ1v) is 11.8. The van der Waals surface area contributed by atoms with Crippen molar-refractivity contribution in [2.75, 3.05) is 12.0 Å². The Hall–Kier alpha value is -4.33. The molecule has 0 fully saturated rings. The van der Waals surface area contributed by atoms with Crippen molar-refractivity contribution in [2.24, 2.45) is 5.41 Å². The van der Waals surface area contributed by atoms with E-state index in [1.807, 2.05) is 45.0 Å². The summed E-state index contributed by atoms with van der Waals surface area (Å²) >= 11 is 0. The van der Waals surface area contributed by atoms with Crippen LogP contribution in [-0.4, -0.2) is 34.1 Å². The van der Waals surface area contributed by atoms with Gasteiger partial charge in [0.05, 0.1) is 19.2 Å². The fraction of sp³-hybridized carbons (Fsp3) is 0.241. The summed E-state index contributed by atoms with van der Waals surface area (Å²) in [5.74, 6) is -1.26. The molecule has 0 unspecified atom stereocenters. The quantitative estimate of drug-likeness (QED) is 0.328. The average molecular weight is 502 g/mol. The van der Waals surface area contributed by atoms with Crippen LogP contribution in [-0.2, 0) is 11.3 Å². The van der Waals surface area contributed by atoms with E-state index < -0.39 is 11.8 Å². The molecule has 0 atom stereocenters. The number of anilines is 1. The highest BCUT2D eigenvalue weighted by atomic mass is 19.1. The van der Waals surface area contributed by atoms with Gasteiger partial charge in [-0.05, 0) is 52.3 Å². The van der Waals surface area contributed by atoms with Crippen LogP contribution in [0, 0.1) is 11.2 Å². The summed E-state index contributed by atoms with van der Waals surface area (Å²) < 4.78 is 19.0. The van der Waals surface area contributed by atoms with E-state index >= 15 is 0 Å². The number of aromatic nitrogens is 2. The molecule has 190 valence electrons. The number of hydrogen-bond acceptors (Lipinski definition) is 5. The molecule has 1 N–H and O–H groups in total. The van der Waals surface area contributed by atoms with E-state index in [-0.39, 0.29) is 29.3 Å². The number of benzene rings is 2. The van der Waals surface area contributed by atoms with Crippen LogP contribution >= 0.6 is 0 Å². The highest BCUT2D eigenvalue weighted by Gasteiger charge is 2.25. The zero-order valence-electron chi connectivity index (χ0n) is 21.2. The Balaban J connectivity index is 1.70. The van der Waals surface area contributed by atoms with Crippen LogP contribution in [0.1, 0.15) is 43.1 Å². The number of nitrogens with zero attached hydrogens (tertiary/aromatic N) is 3. The molecule has 0 aliphatic carbocycles. The van der Waals surface area contributed by atoms with Gasteiger partial charge in [0, 0.05) is 29.8 Å². The summed E-state index contributed by atoms with van der Waals surface area (Å²) in [4.78, 5) is 35.1. The molecule has 4 aromatic rings. The fourth-order valence-corrected chi connectivity index (χ4v) is 4.06. The van der Waals surface area contributed by atoms with Crippen molar-refractivity contribution < 1.29 is 23.8 Å². The number of carboxylic acids is 1. The number of hydrogen-bond donors (Lipinski definition) is 1. The lowest BCUT2D eigenvalue weighted by Crippen LogP contribution is -2.34. The number of halogens is 1. The fourth-order valence-electron chi connectivity index (χ4n) is 4.06. The standard InChI is InChI=1S/C29H28FN3O4/c1-29(2,3)15-25(34)33(26-23-10-9-21(28(35)36)13-20(23)11-12-31-26)17-18-5-7-19(8-6-18)22-14-24(30)27(37-4)32-16-22/h5-14,16H,15,17H2,1-4H3,(H,35,36). The summed E-state index contributed by atoms with van der Waals surface area (Å²) in [7, 11) is 1.36. The minimum absolute atomic E-state index is 0.0635. The molecule has 2 aromatic heterocycles. The third kappa shape index (κ3) is 5.91. The van der Waals surface area contributed by atoms with Gasteiger partial charge in [0.1, 0.15) is 5.82 Å². The van der Waals surface area contributed by atoms with Gasteiger partial charge in [-0.3, -0.25) is 9.69 Å². The summed E-state index contributed by atoms with van der Waals surface area (Å²) in [5.41, 5.74) is 2.16. The number of fused-ring (bicyclic) bond motifs is 1. The number of rotatable bonds is 7. The minimum Gasteiger partial charge on any atom is -0.479 e. The van der Waals surface area contributed by atoms with Gasteiger partial charge in [0.25, 0.3) is 0 Å². The second-order valence-corrected chi connectivity index (χ2v) is 10.0. The normalized spacial score (nSPS) is 11.4. The Morgan fingerprint density at radius 2 is 1.73 bits per heavy atom. The largest absolute Gasteiger partial charge is 0.479 e. The Morgan fingerprint density at radius 1 is 1.00 bits per heavy atom. The first kappa shape index (κ1) is 25.8. The lowest BCUT2D eigenvalue weighted by Gasteiger charge is -2.27. The van der Waals surface area contributed by atoms with E-state index in [1.165, 1.54) is 19.2 Å². The van der Waals surface area contributed by atoms with Crippen molar-refractivity contribution >= 4 is 28.5 Å². The summed E-state index contributed by atoms with van der Waals surface area (Å²) in [6.07, 6.45) is 3.42. The molecule has 0 saturated heterocycles. The molecule has 0 radical (unpaired) electrons. The molecule has 4 rings (SSSR count). The van der Waals surface area contributed by atoms with E-state index in [2.05, 4.69) is 9.97 Å². The topological polar surface area (TPSA) is 92.6 Å². The minimum atomic E-state index is -1.02. The van der Waals surface area contributed by atoms with E-state index in [0.29, 0.717) is 28.6 Å². The molecule has 0 spiro atoms. The van der Waals surface area contributed by atoms with Crippen LogP contribution < -0.4 is 9.64 Å². The molecule has 0 aliphatic rings. The van der Waals surface area contributed by atoms with Crippen molar-refractivity contribution in [3.05, 3.63) is 83.9 Å². The van der Waals surface area contributed by atoms with Crippen LogP contribution in [0.2, 0.25) is 0 Å². The Labute approximate surface area is 214 Å². The second-order valence-electron chi connectivity index (χ2n) is 10.0. The van der Waals surface area contributed by atoms with E-state index in [9.17, 15) is 19.1 Å². The molecule has 8 heteroatoms. The summed E-state index contributed by atoms with van der Waals surface area (Å²) in [6, 6.07) is 15.3. The molecule has 0 aliphatic heterocycles. The first-order chi connectivity index (χ1) is 17.6. The number of methoxy groups -OCH3 is 1. The lowest BCUT2D eigenvalue weighted by atomic mass is 9.91. The summed E-state index contributed by atoms with van der Waals surface area (Å²) in [5, 5.41) is 10.7. The predicted molar refractivity (Wildman–Crippen MR) is 140 cm³/mol. The number of pyridine rings is 2. The maximum absolute atomic E-state index is 14.1. The predicted octanol–water partition coefficient (Wildman–Crippen LogP) is 6.11. The molecule has 0 bridgehead atoms. The van der Waals surface area contributed by atoms with Crippen molar-refractivity contribution in [2.45, 2.75) is 33.7 Å². The van der Waals surface area contributed by atoms with Crippen LogP contribution in [0.4, 0.5) is 10.2 Å². The molecular weight excluding hydrogens is 473 g/mol. The van der Waals surface area contributed by atoms with Gasteiger partial charge in [-0.1, -0.05) is 45.0 Å². The third-order valence-corrected chi connectivity index (χ3v) is 5.86. The van der Waals surface area contributed by atoms with Crippen LogP contribution in [0.3, 0.4) is 0 Å². The molecular formula is C29H28FN3O4. The number of amides is 1.